The van der Waals surface area contributed by atoms with Gasteiger partial charge < -0.3 is 23.8 Å². The summed E-state index contributed by atoms with van der Waals surface area (Å²) in [6.07, 6.45) is 52.2. The predicted octanol–water partition coefficient (Wildman–Crippen LogP) is 12.5. The Morgan fingerprint density at radius 2 is 0.948 bits per heavy atom. The van der Waals surface area contributed by atoms with Gasteiger partial charge in [-0.2, -0.15) is 0 Å². The van der Waals surface area contributed by atoms with E-state index >= 15 is 0 Å². The minimum absolute atomic E-state index is 0.0215. The van der Waals surface area contributed by atoms with Gasteiger partial charge in [0.15, 0.2) is 12.1 Å². The molecule has 0 amide bonds. The lowest BCUT2D eigenvalue weighted by molar-refractivity contribution is -0.887. The lowest BCUT2D eigenvalue weighted by atomic mass is 10.1. The number of nitrogens with zero attached hydrogens (tertiary/aromatic N) is 1. The number of esters is 2. The molecule has 0 radical (unpaired) electrons. The molecule has 0 fully saturated rings. The Hall–Kier alpha value is -3.49. The highest BCUT2D eigenvalue weighted by Gasteiger charge is 2.31. The summed E-state index contributed by atoms with van der Waals surface area (Å²) < 4.78 is 17.2. The van der Waals surface area contributed by atoms with Crippen molar-refractivity contribution < 1.29 is 38.2 Å². The molecule has 0 aliphatic heterocycles. The number of unbranched alkanes of at least 4 members (excludes halogenated alkanes) is 11. The molecule has 58 heavy (non-hydrogen) atoms. The van der Waals surface area contributed by atoms with Crippen molar-refractivity contribution in [1.29, 1.82) is 0 Å². The minimum atomic E-state index is -0.892. The first kappa shape index (κ1) is 54.5. The van der Waals surface area contributed by atoms with E-state index in [9.17, 15) is 19.5 Å². The summed E-state index contributed by atoms with van der Waals surface area (Å²) >= 11 is 0. The van der Waals surface area contributed by atoms with E-state index in [2.05, 4.69) is 92.8 Å². The Labute approximate surface area is 354 Å². The van der Waals surface area contributed by atoms with E-state index in [4.69, 9.17) is 14.2 Å². The fraction of sp³-hybridized carbons (Fsp3) is 0.660. The van der Waals surface area contributed by atoms with Gasteiger partial charge in [0.2, 0.25) is 0 Å². The number of carboxylic acids is 1. The fourth-order valence-corrected chi connectivity index (χ4v) is 5.98. The third-order valence-electron chi connectivity index (χ3n) is 9.53. The number of carbonyl (C=O) groups excluding carboxylic acids is 2. The average Bonchev–Trinajstić information content (AvgIpc) is 3.18. The zero-order valence-electron chi connectivity index (χ0n) is 37.5. The highest BCUT2D eigenvalue weighted by Crippen LogP contribution is 2.11. The molecular formula is C50H84NO7+. The van der Waals surface area contributed by atoms with E-state index < -0.39 is 18.1 Å². The molecule has 0 saturated heterocycles. The molecule has 0 rings (SSSR count). The van der Waals surface area contributed by atoms with E-state index in [0.717, 1.165) is 51.4 Å². The number of hydrogen-bond acceptors (Lipinski definition) is 6. The van der Waals surface area contributed by atoms with Crippen LogP contribution in [0.4, 0.5) is 0 Å². The van der Waals surface area contributed by atoms with Gasteiger partial charge in [-0.25, -0.2) is 4.79 Å². The number of hydrogen-bond donors (Lipinski definition) is 1. The van der Waals surface area contributed by atoms with Gasteiger partial charge in [0.25, 0.3) is 0 Å². The van der Waals surface area contributed by atoms with Crippen molar-refractivity contribution in [3.8, 4) is 0 Å². The first-order valence-electron chi connectivity index (χ1n) is 22.6. The first-order valence-corrected chi connectivity index (χ1v) is 22.6. The largest absolute Gasteiger partial charge is 0.477 e. The molecule has 0 aromatic heterocycles. The predicted molar refractivity (Wildman–Crippen MR) is 243 cm³/mol. The minimum Gasteiger partial charge on any atom is -0.477 e. The summed E-state index contributed by atoms with van der Waals surface area (Å²) in [4.78, 5) is 36.9. The lowest BCUT2D eigenvalue weighted by Crippen LogP contribution is -2.50. The van der Waals surface area contributed by atoms with Gasteiger partial charge in [0.1, 0.15) is 6.61 Å². The molecule has 0 spiro atoms. The number of likely N-dealkylation sites (N-methyl/N-ethyl adjacent to an activating group) is 1. The number of quaternary nitrogens is 1. The molecule has 2 unspecified atom stereocenters. The molecule has 0 saturated carbocycles. The highest BCUT2D eigenvalue weighted by molar-refractivity contribution is 5.72. The first-order chi connectivity index (χ1) is 28.1. The maximum atomic E-state index is 12.7. The maximum Gasteiger partial charge on any atom is 0.362 e. The molecule has 0 bridgehead atoms. The topological polar surface area (TPSA) is 99.1 Å². The summed E-state index contributed by atoms with van der Waals surface area (Å²) in [6.45, 7) is 4.57. The molecule has 0 aliphatic carbocycles. The van der Waals surface area contributed by atoms with Crippen molar-refractivity contribution in [1.82, 2.24) is 0 Å². The SMILES string of the molecule is CCCCC/C=C/C/C=C/C/C=C/C/C=C/C/C=C/CCCCC(=O)OC(COCCC(C(=O)O)[N+](C)(C)C)COC(=O)CC/C=C/C/C=C/CCCCCCCC. The smallest absolute Gasteiger partial charge is 0.362 e. The van der Waals surface area contributed by atoms with Crippen LogP contribution in [0.15, 0.2) is 85.1 Å². The monoisotopic (exact) mass is 811 g/mol. The van der Waals surface area contributed by atoms with Gasteiger partial charge in [0, 0.05) is 19.3 Å². The van der Waals surface area contributed by atoms with Crippen LogP contribution in [-0.4, -0.2) is 80.6 Å². The van der Waals surface area contributed by atoms with E-state index in [0.29, 0.717) is 19.3 Å². The van der Waals surface area contributed by atoms with Crippen molar-refractivity contribution in [2.75, 3.05) is 41.0 Å². The number of ether oxygens (including phenoxy) is 3. The van der Waals surface area contributed by atoms with Gasteiger partial charge in [-0.15, -0.1) is 0 Å². The van der Waals surface area contributed by atoms with Crippen molar-refractivity contribution >= 4 is 17.9 Å². The fourth-order valence-electron chi connectivity index (χ4n) is 5.98. The van der Waals surface area contributed by atoms with Gasteiger partial charge in [-0.05, 0) is 83.5 Å². The van der Waals surface area contributed by atoms with Crippen LogP contribution in [0.5, 0.6) is 0 Å². The molecule has 0 aliphatic rings. The molecule has 8 heteroatoms. The summed E-state index contributed by atoms with van der Waals surface area (Å²) in [5, 5.41) is 9.62. The van der Waals surface area contributed by atoms with E-state index in [1.807, 2.05) is 27.2 Å². The standard InChI is InChI=1S/C50H83NO7/c1-6-8-10-12-14-16-18-20-21-22-23-24-25-26-27-29-31-33-35-37-39-41-49(53)58-46(44-56-43-42-47(50(54)55)51(3,4)5)45-57-48(52)40-38-36-34-32-30-28-19-17-15-13-11-9-7-2/h14,16,20-21,23-24,26-28,30-31,33-34,36,46-47H,6-13,15,17-19,22,25,29,32,35,37-45H2,1-5H3/p+1/b16-14+,21-20+,24-23+,27-26+,30-28+,33-31+,36-34+. The Kier molecular flexibility index (Phi) is 37.9. The van der Waals surface area contributed by atoms with Crippen LogP contribution < -0.4 is 0 Å². The Balaban J connectivity index is 4.50. The third kappa shape index (κ3) is 38.1. The van der Waals surface area contributed by atoms with Crippen LogP contribution in [-0.2, 0) is 28.6 Å². The Bertz CT molecular complexity index is 1220. The Morgan fingerprint density at radius 1 is 0.517 bits per heavy atom. The van der Waals surface area contributed by atoms with Crippen molar-refractivity contribution in [2.45, 2.75) is 174 Å². The van der Waals surface area contributed by atoms with Crippen LogP contribution in [0.25, 0.3) is 0 Å². The zero-order chi connectivity index (χ0) is 42.8. The number of rotatable bonds is 39. The summed E-state index contributed by atoms with van der Waals surface area (Å²) in [5.41, 5.74) is 0. The lowest BCUT2D eigenvalue weighted by Gasteiger charge is -2.31. The van der Waals surface area contributed by atoms with Crippen LogP contribution in [0, 0.1) is 0 Å². The summed E-state index contributed by atoms with van der Waals surface area (Å²) in [5.74, 6) is -1.62. The molecule has 0 aromatic rings. The van der Waals surface area contributed by atoms with Gasteiger partial charge in [-0.1, -0.05) is 144 Å². The molecule has 330 valence electrons. The van der Waals surface area contributed by atoms with E-state index in [1.165, 1.54) is 64.2 Å². The second kappa shape index (κ2) is 40.3. The number of carbonyl (C=O) groups is 3. The van der Waals surface area contributed by atoms with Crippen LogP contribution in [0.1, 0.15) is 162 Å². The van der Waals surface area contributed by atoms with E-state index in [-0.39, 0.29) is 49.1 Å². The maximum absolute atomic E-state index is 12.7. The van der Waals surface area contributed by atoms with Crippen molar-refractivity contribution in [2.24, 2.45) is 0 Å². The molecule has 0 aromatic carbocycles. The molecular weight excluding hydrogens is 727 g/mol. The molecule has 1 N–H and O–H groups in total. The number of carboxylic acid groups (broad SMARTS) is 1. The van der Waals surface area contributed by atoms with Crippen LogP contribution >= 0.6 is 0 Å². The van der Waals surface area contributed by atoms with Gasteiger partial charge in [-0.3, -0.25) is 9.59 Å². The van der Waals surface area contributed by atoms with Crippen LogP contribution in [0.2, 0.25) is 0 Å². The molecule has 0 heterocycles. The second-order valence-corrected chi connectivity index (χ2v) is 15.9. The van der Waals surface area contributed by atoms with Crippen LogP contribution in [0.3, 0.4) is 0 Å². The Morgan fingerprint density at radius 3 is 1.45 bits per heavy atom. The normalized spacial score (nSPS) is 13.7. The summed E-state index contributed by atoms with van der Waals surface area (Å²) in [6, 6.07) is -0.634. The average molecular weight is 811 g/mol. The van der Waals surface area contributed by atoms with Crippen molar-refractivity contribution in [3.63, 3.8) is 0 Å². The third-order valence-corrected chi connectivity index (χ3v) is 9.53. The number of aliphatic carboxylic acids is 1. The van der Waals surface area contributed by atoms with E-state index in [1.54, 1.807) is 0 Å². The number of allylic oxidation sites excluding steroid dienone is 14. The van der Waals surface area contributed by atoms with Gasteiger partial charge >= 0.3 is 17.9 Å². The molecule has 2 atom stereocenters. The van der Waals surface area contributed by atoms with Crippen molar-refractivity contribution in [3.05, 3.63) is 85.1 Å². The zero-order valence-corrected chi connectivity index (χ0v) is 37.5. The second-order valence-electron chi connectivity index (χ2n) is 15.9. The quantitative estimate of drug-likeness (QED) is 0.0286. The highest BCUT2D eigenvalue weighted by atomic mass is 16.6. The molecule has 8 nitrogen and oxygen atoms in total. The van der Waals surface area contributed by atoms with Gasteiger partial charge in [0.05, 0.1) is 34.4 Å². The summed E-state index contributed by atoms with van der Waals surface area (Å²) in [7, 11) is 5.49.